The largest absolute Gasteiger partial charge is 0.385 e. The predicted octanol–water partition coefficient (Wildman–Crippen LogP) is 2.99. The second kappa shape index (κ2) is 9.96. The summed E-state index contributed by atoms with van der Waals surface area (Å²) in [5, 5.41) is 3.44. The van der Waals surface area contributed by atoms with Crippen LogP contribution in [0, 0.1) is 5.92 Å². The lowest BCUT2D eigenvalue weighted by Gasteiger charge is -2.08. The highest BCUT2D eigenvalue weighted by molar-refractivity contribution is 5.21. The molecule has 0 amide bonds. The molecule has 0 saturated carbocycles. The first-order chi connectivity index (χ1) is 9.22. The first-order valence-electron chi connectivity index (χ1n) is 7.07. The predicted molar refractivity (Wildman–Crippen MR) is 79.1 cm³/mol. The van der Waals surface area contributed by atoms with Gasteiger partial charge in [0, 0.05) is 26.9 Å². The van der Waals surface area contributed by atoms with Crippen molar-refractivity contribution in [1.29, 1.82) is 0 Å². The van der Waals surface area contributed by atoms with Gasteiger partial charge in [-0.3, -0.25) is 0 Å². The van der Waals surface area contributed by atoms with Crippen LogP contribution in [0.1, 0.15) is 31.4 Å². The molecule has 1 aromatic carbocycles. The molecule has 3 heteroatoms. The minimum absolute atomic E-state index is 0.684. The van der Waals surface area contributed by atoms with Gasteiger partial charge in [-0.15, -0.1) is 0 Å². The zero-order valence-corrected chi connectivity index (χ0v) is 12.4. The van der Waals surface area contributed by atoms with Gasteiger partial charge < -0.3 is 14.8 Å². The minimum Gasteiger partial charge on any atom is -0.385 e. The van der Waals surface area contributed by atoms with Crippen LogP contribution in [0.4, 0.5) is 0 Å². The number of hydrogen-bond donors (Lipinski definition) is 1. The molecule has 1 aromatic rings. The van der Waals surface area contributed by atoms with Gasteiger partial charge in [-0.05, 0) is 30.0 Å². The molecule has 0 radical (unpaired) electrons. The van der Waals surface area contributed by atoms with Crippen molar-refractivity contribution in [2.75, 3.05) is 26.9 Å². The number of rotatable bonds is 10. The summed E-state index contributed by atoms with van der Waals surface area (Å²) in [5.74, 6) is 0.694. The van der Waals surface area contributed by atoms with Crippen LogP contribution in [0.5, 0.6) is 0 Å². The van der Waals surface area contributed by atoms with Crippen LogP contribution in [-0.4, -0.2) is 26.9 Å². The highest BCUT2D eigenvalue weighted by Crippen LogP contribution is 2.06. The van der Waals surface area contributed by atoms with Gasteiger partial charge >= 0.3 is 0 Å². The Balaban J connectivity index is 2.19. The van der Waals surface area contributed by atoms with Gasteiger partial charge in [0.25, 0.3) is 0 Å². The van der Waals surface area contributed by atoms with Crippen molar-refractivity contribution in [3.63, 3.8) is 0 Å². The van der Waals surface area contributed by atoms with E-state index in [0.29, 0.717) is 12.5 Å². The van der Waals surface area contributed by atoms with E-state index in [1.165, 1.54) is 11.1 Å². The smallest absolute Gasteiger partial charge is 0.0716 e. The average molecular weight is 265 g/mol. The molecular formula is C16H27NO2. The summed E-state index contributed by atoms with van der Waals surface area (Å²) < 4.78 is 10.6. The molecule has 0 unspecified atom stereocenters. The molecule has 1 N–H and O–H groups in total. The van der Waals surface area contributed by atoms with Gasteiger partial charge in [-0.25, -0.2) is 0 Å². The summed E-state index contributed by atoms with van der Waals surface area (Å²) in [6, 6.07) is 8.62. The van der Waals surface area contributed by atoms with Gasteiger partial charge in [0.05, 0.1) is 6.61 Å². The van der Waals surface area contributed by atoms with E-state index in [0.717, 1.165) is 32.7 Å². The van der Waals surface area contributed by atoms with E-state index >= 15 is 0 Å². The topological polar surface area (TPSA) is 30.5 Å². The second-order valence-electron chi connectivity index (χ2n) is 5.24. The third kappa shape index (κ3) is 7.98. The Hall–Kier alpha value is -0.900. The third-order valence-electron chi connectivity index (χ3n) is 2.81. The van der Waals surface area contributed by atoms with Gasteiger partial charge in [0.1, 0.15) is 0 Å². The van der Waals surface area contributed by atoms with Crippen molar-refractivity contribution < 1.29 is 9.47 Å². The fourth-order valence-corrected chi connectivity index (χ4v) is 1.75. The maximum absolute atomic E-state index is 5.58. The number of nitrogens with one attached hydrogen (secondary N) is 1. The maximum atomic E-state index is 5.58. The van der Waals surface area contributed by atoms with E-state index < -0.39 is 0 Å². The van der Waals surface area contributed by atoms with E-state index in [4.69, 9.17) is 9.47 Å². The van der Waals surface area contributed by atoms with E-state index in [1.807, 2.05) is 0 Å². The molecule has 0 aliphatic carbocycles. The van der Waals surface area contributed by atoms with E-state index in [2.05, 4.69) is 43.4 Å². The molecule has 0 fully saturated rings. The van der Waals surface area contributed by atoms with Gasteiger partial charge in [0.15, 0.2) is 0 Å². The van der Waals surface area contributed by atoms with Crippen molar-refractivity contribution in [3.05, 3.63) is 35.4 Å². The highest BCUT2D eigenvalue weighted by atomic mass is 16.5. The Morgan fingerprint density at radius 1 is 1.05 bits per heavy atom. The highest BCUT2D eigenvalue weighted by Gasteiger charge is 1.97. The van der Waals surface area contributed by atoms with Gasteiger partial charge in [-0.1, -0.05) is 38.1 Å². The molecular weight excluding hydrogens is 238 g/mol. The first kappa shape index (κ1) is 16.2. The Labute approximate surface area is 117 Å². The lowest BCUT2D eigenvalue weighted by molar-refractivity contribution is 0.0928. The average Bonchev–Trinajstić information content (AvgIpc) is 2.40. The molecule has 0 aliphatic heterocycles. The zero-order valence-electron chi connectivity index (χ0n) is 12.4. The molecule has 0 aromatic heterocycles. The molecule has 1 rings (SSSR count). The molecule has 0 bridgehead atoms. The van der Waals surface area contributed by atoms with Crippen molar-refractivity contribution in [1.82, 2.24) is 5.32 Å². The molecule has 108 valence electrons. The van der Waals surface area contributed by atoms with Crippen LogP contribution in [0.25, 0.3) is 0 Å². The van der Waals surface area contributed by atoms with Crippen LogP contribution in [0.15, 0.2) is 24.3 Å². The van der Waals surface area contributed by atoms with Crippen molar-refractivity contribution in [2.24, 2.45) is 5.92 Å². The minimum atomic E-state index is 0.684. The zero-order chi connectivity index (χ0) is 13.9. The lowest BCUT2D eigenvalue weighted by Crippen LogP contribution is -2.18. The molecule has 0 aliphatic rings. The number of methoxy groups -OCH3 is 1. The summed E-state index contributed by atoms with van der Waals surface area (Å²) in [7, 11) is 1.71. The maximum Gasteiger partial charge on any atom is 0.0716 e. The summed E-state index contributed by atoms with van der Waals surface area (Å²) in [5.41, 5.74) is 2.55. The van der Waals surface area contributed by atoms with Crippen molar-refractivity contribution >= 4 is 0 Å². The van der Waals surface area contributed by atoms with Crippen molar-refractivity contribution in [3.8, 4) is 0 Å². The normalized spacial score (nSPS) is 11.2. The number of benzene rings is 1. The van der Waals surface area contributed by atoms with Crippen LogP contribution in [-0.2, 0) is 22.6 Å². The monoisotopic (exact) mass is 265 g/mol. The van der Waals surface area contributed by atoms with Crippen LogP contribution in [0.2, 0.25) is 0 Å². The standard InChI is InChI=1S/C16H27NO2/c1-14(2)11-17-12-15-5-7-16(8-6-15)13-19-10-4-9-18-3/h5-8,14,17H,4,9-13H2,1-3H3. The van der Waals surface area contributed by atoms with E-state index in [-0.39, 0.29) is 0 Å². The van der Waals surface area contributed by atoms with E-state index in [9.17, 15) is 0 Å². The van der Waals surface area contributed by atoms with Crippen LogP contribution < -0.4 is 5.32 Å². The Kier molecular flexibility index (Phi) is 8.47. The SMILES string of the molecule is COCCCOCc1ccc(CNCC(C)C)cc1. The van der Waals surface area contributed by atoms with Gasteiger partial charge in [0.2, 0.25) is 0 Å². The summed E-state index contributed by atoms with van der Waals surface area (Å²) in [6.45, 7) is 8.64. The lowest BCUT2D eigenvalue weighted by atomic mass is 10.1. The summed E-state index contributed by atoms with van der Waals surface area (Å²) >= 11 is 0. The van der Waals surface area contributed by atoms with Crippen molar-refractivity contribution in [2.45, 2.75) is 33.4 Å². The van der Waals surface area contributed by atoms with Crippen LogP contribution >= 0.6 is 0 Å². The molecule has 19 heavy (non-hydrogen) atoms. The Morgan fingerprint density at radius 2 is 1.74 bits per heavy atom. The third-order valence-corrected chi connectivity index (χ3v) is 2.81. The fourth-order valence-electron chi connectivity index (χ4n) is 1.75. The Morgan fingerprint density at radius 3 is 2.37 bits per heavy atom. The summed E-state index contributed by atoms with van der Waals surface area (Å²) in [6.07, 6.45) is 0.952. The molecule has 0 atom stereocenters. The molecule has 0 saturated heterocycles. The summed E-state index contributed by atoms with van der Waals surface area (Å²) in [4.78, 5) is 0. The molecule has 3 nitrogen and oxygen atoms in total. The number of hydrogen-bond acceptors (Lipinski definition) is 3. The first-order valence-corrected chi connectivity index (χ1v) is 7.07. The number of ether oxygens (including phenoxy) is 2. The quantitative estimate of drug-likeness (QED) is 0.660. The fraction of sp³-hybridized carbons (Fsp3) is 0.625. The molecule has 0 spiro atoms. The van der Waals surface area contributed by atoms with E-state index in [1.54, 1.807) is 7.11 Å². The second-order valence-corrected chi connectivity index (χ2v) is 5.24. The Bertz CT molecular complexity index is 322. The molecule has 0 heterocycles. The van der Waals surface area contributed by atoms with Crippen LogP contribution in [0.3, 0.4) is 0 Å². The van der Waals surface area contributed by atoms with Gasteiger partial charge in [-0.2, -0.15) is 0 Å².